The predicted molar refractivity (Wildman–Crippen MR) is 97.9 cm³/mol. The van der Waals surface area contributed by atoms with Crippen LogP contribution in [0.1, 0.15) is 11.3 Å². The quantitative estimate of drug-likeness (QED) is 0.776. The average Bonchev–Trinajstić information content (AvgIpc) is 3.04. The number of hydrogen-bond donors (Lipinski definition) is 1. The molecule has 4 nitrogen and oxygen atoms in total. The highest BCUT2D eigenvalue weighted by Crippen LogP contribution is 2.19. The van der Waals surface area contributed by atoms with Crippen LogP contribution in [0.15, 0.2) is 48.5 Å². The summed E-state index contributed by atoms with van der Waals surface area (Å²) in [5, 5.41) is 8.34. The van der Waals surface area contributed by atoms with Gasteiger partial charge in [-0.2, -0.15) is 5.10 Å². The van der Waals surface area contributed by atoms with Crippen LogP contribution in [0.4, 0.5) is 4.39 Å². The summed E-state index contributed by atoms with van der Waals surface area (Å²) in [6, 6.07) is 15.5. The Kier molecular flexibility index (Phi) is 4.76. The van der Waals surface area contributed by atoms with Crippen LogP contribution in [0.25, 0.3) is 10.9 Å². The molecule has 2 aromatic carbocycles. The third kappa shape index (κ3) is 3.89. The van der Waals surface area contributed by atoms with Crippen molar-refractivity contribution in [3.8, 4) is 0 Å². The molecule has 0 atom stereocenters. The molecule has 1 aliphatic rings. The molecule has 1 N–H and O–H groups in total. The summed E-state index contributed by atoms with van der Waals surface area (Å²) in [6.45, 7) is 6.20. The first-order chi connectivity index (χ1) is 12.3. The molecular formula is C20H23FN4. The van der Waals surface area contributed by atoms with Gasteiger partial charge in [-0.3, -0.25) is 10.00 Å². The van der Waals surface area contributed by atoms with Crippen LogP contribution < -0.4 is 0 Å². The Labute approximate surface area is 147 Å². The lowest BCUT2D eigenvalue weighted by molar-refractivity contribution is 0.127. The summed E-state index contributed by atoms with van der Waals surface area (Å²) in [4.78, 5) is 4.96. The van der Waals surface area contributed by atoms with Crippen molar-refractivity contribution in [2.75, 3.05) is 32.7 Å². The van der Waals surface area contributed by atoms with Gasteiger partial charge in [-0.25, -0.2) is 4.39 Å². The Morgan fingerprint density at radius 1 is 0.960 bits per heavy atom. The first-order valence-electron chi connectivity index (χ1n) is 8.89. The summed E-state index contributed by atoms with van der Waals surface area (Å²) >= 11 is 0. The fourth-order valence-electron chi connectivity index (χ4n) is 3.48. The van der Waals surface area contributed by atoms with E-state index in [2.05, 4.69) is 50.3 Å². The van der Waals surface area contributed by atoms with Crippen LogP contribution in [-0.4, -0.2) is 52.7 Å². The number of hydrogen-bond acceptors (Lipinski definition) is 3. The van der Waals surface area contributed by atoms with Gasteiger partial charge in [0, 0.05) is 44.7 Å². The topological polar surface area (TPSA) is 35.2 Å². The molecule has 2 heterocycles. The Morgan fingerprint density at radius 3 is 2.52 bits per heavy atom. The van der Waals surface area contributed by atoms with E-state index in [1.54, 1.807) is 0 Å². The molecule has 0 amide bonds. The fourth-order valence-corrected chi connectivity index (χ4v) is 3.48. The lowest BCUT2D eigenvalue weighted by Gasteiger charge is -2.34. The molecule has 0 spiro atoms. The fraction of sp³-hybridized carbons (Fsp3) is 0.350. The Balaban J connectivity index is 1.30. The van der Waals surface area contributed by atoms with Crippen molar-refractivity contribution in [1.29, 1.82) is 0 Å². The van der Waals surface area contributed by atoms with Crippen LogP contribution in [0.3, 0.4) is 0 Å². The minimum atomic E-state index is -0.227. The number of H-pyrrole nitrogens is 1. The van der Waals surface area contributed by atoms with Gasteiger partial charge in [0.05, 0.1) is 11.2 Å². The average molecular weight is 338 g/mol. The maximum Gasteiger partial charge on any atom is 0.125 e. The minimum absolute atomic E-state index is 0.227. The maximum absolute atomic E-state index is 13.3. The maximum atomic E-state index is 13.3. The first-order valence-corrected chi connectivity index (χ1v) is 8.89. The molecule has 25 heavy (non-hydrogen) atoms. The molecule has 0 aliphatic carbocycles. The van der Waals surface area contributed by atoms with Crippen LogP contribution >= 0.6 is 0 Å². The largest absolute Gasteiger partial charge is 0.300 e. The number of piperazine rings is 1. The predicted octanol–water partition coefficient (Wildman–Crippen LogP) is 3.06. The van der Waals surface area contributed by atoms with E-state index in [9.17, 15) is 4.39 Å². The van der Waals surface area contributed by atoms with Crippen molar-refractivity contribution in [1.82, 2.24) is 20.0 Å². The normalized spacial score (nSPS) is 16.5. The van der Waals surface area contributed by atoms with Crippen molar-refractivity contribution in [2.45, 2.75) is 13.0 Å². The van der Waals surface area contributed by atoms with E-state index in [-0.39, 0.29) is 5.82 Å². The van der Waals surface area contributed by atoms with Gasteiger partial charge < -0.3 is 4.90 Å². The molecule has 5 heteroatoms. The van der Waals surface area contributed by atoms with Crippen LogP contribution in [0, 0.1) is 5.82 Å². The Bertz CT molecular complexity index is 822. The van der Waals surface area contributed by atoms with Crippen molar-refractivity contribution in [3.63, 3.8) is 0 Å². The third-order valence-electron chi connectivity index (χ3n) is 5.00. The van der Waals surface area contributed by atoms with Gasteiger partial charge in [-0.1, -0.05) is 30.3 Å². The number of benzene rings is 2. The molecule has 1 aliphatic heterocycles. The molecule has 0 saturated carbocycles. The van der Waals surface area contributed by atoms with Gasteiger partial charge in [0.1, 0.15) is 5.82 Å². The van der Waals surface area contributed by atoms with Crippen molar-refractivity contribution >= 4 is 10.9 Å². The number of aromatic amines is 1. The lowest BCUT2D eigenvalue weighted by atomic mass is 10.1. The van der Waals surface area contributed by atoms with Gasteiger partial charge in [-0.15, -0.1) is 0 Å². The van der Waals surface area contributed by atoms with E-state index in [0.29, 0.717) is 0 Å². The summed E-state index contributed by atoms with van der Waals surface area (Å²) in [5.74, 6) is -0.227. The molecule has 4 rings (SSSR count). The molecule has 1 saturated heterocycles. The number of fused-ring (bicyclic) bond motifs is 1. The molecule has 1 aromatic heterocycles. The standard InChI is InChI=1S/C20H23FN4/c21-17-6-7-18-19(14-17)22-23-20(18)15-25-12-10-24(11-13-25)9-8-16-4-2-1-3-5-16/h1-7,14H,8-13,15H2,(H,22,23). The zero-order chi connectivity index (χ0) is 17.1. The van der Waals surface area contributed by atoms with Crippen LogP contribution in [0.5, 0.6) is 0 Å². The third-order valence-corrected chi connectivity index (χ3v) is 5.00. The highest BCUT2D eigenvalue weighted by Gasteiger charge is 2.18. The first kappa shape index (κ1) is 16.2. The highest BCUT2D eigenvalue weighted by molar-refractivity contribution is 5.81. The number of halogens is 1. The lowest BCUT2D eigenvalue weighted by Crippen LogP contribution is -2.46. The minimum Gasteiger partial charge on any atom is -0.300 e. The van der Waals surface area contributed by atoms with Gasteiger partial charge in [-0.05, 0) is 30.2 Å². The monoisotopic (exact) mass is 338 g/mol. The summed E-state index contributed by atoms with van der Waals surface area (Å²) in [7, 11) is 0. The van der Waals surface area contributed by atoms with Gasteiger partial charge in [0.15, 0.2) is 0 Å². The van der Waals surface area contributed by atoms with Crippen molar-refractivity contribution in [3.05, 3.63) is 65.6 Å². The van der Waals surface area contributed by atoms with Crippen molar-refractivity contribution < 1.29 is 4.39 Å². The number of nitrogens with zero attached hydrogens (tertiary/aromatic N) is 3. The summed E-state index contributed by atoms with van der Waals surface area (Å²) in [6.07, 6.45) is 1.11. The SMILES string of the molecule is Fc1ccc2c(CN3CCN(CCc4ccccc4)CC3)n[nH]c2c1. The van der Waals surface area contributed by atoms with E-state index in [4.69, 9.17) is 0 Å². The summed E-state index contributed by atoms with van der Waals surface area (Å²) in [5.41, 5.74) is 3.18. The molecule has 130 valence electrons. The Hall–Kier alpha value is -2.24. The molecule has 0 bridgehead atoms. The highest BCUT2D eigenvalue weighted by atomic mass is 19.1. The molecule has 3 aromatic rings. The zero-order valence-corrected chi connectivity index (χ0v) is 14.3. The second-order valence-corrected chi connectivity index (χ2v) is 6.71. The number of rotatable bonds is 5. The smallest absolute Gasteiger partial charge is 0.125 e. The number of aromatic nitrogens is 2. The van der Waals surface area contributed by atoms with E-state index >= 15 is 0 Å². The van der Waals surface area contributed by atoms with E-state index in [1.807, 2.05) is 6.07 Å². The van der Waals surface area contributed by atoms with E-state index in [0.717, 1.165) is 62.3 Å². The Morgan fingerprint density at radius 2 is 1.72 bits per heavy atom. The summed E-state index contributed by atoms with van der Waals surface area (Å²) < 4.78 is 13.3. The molecule has 0 unspecified atom stereocenters. The number of nitrogens with one attached hydrogen (secondary N) is 1. The van der Waals surface area contributed by atoms with Gasteiger partial charge in [0.2, 0.25) is 0 Å². The van der Waals surface area contributed by atoms with Crippen LogP contribution in [0.2, 0.25) is 0 Å². The second-order valence-electron chi connectivity index (χ2n) is 6.71. The molecule has 0 radical (unpaired) electrons. The molecular weight excluding hydrogens is 315 g/mol. The van der Waals surface area contributed by atoms with Crippen LogP contribution in [-0.2, 0) is 13.0 Å². The van der Waals surface area contributed by atoms with E-state index < -0.39 is 0 Å². The zero-order valence-electron chi connectivity index (χ0n) is 14.3. The van der Waals surface area contributed by atoms with Gasteiger partial charge >= 0.3 is 0 Å². The van der Waals surface area contributed by atoms with Crippen molar-refractivity contribution in [2.24, 2.45) is 0 Å². The van der Waals surface area contributed by atoms with E-state index in [1.165, 1.54) is 17.7 Å². The second kappa shape index (κ2) is 7.33. The van der Waals surface area contributed by atoms with Gasteiger partial charge in [0.25, 0.3) is 0 Å². The molecule has 1 fully saturated rings.